The number of ether oxygens (including phenoxy) is 2. The van der Waals surface area contributed by atoms with Crippen LogP contribution in [-0.4, -0.2) is 38.1 Å². The number of aliphatic imine (C=N–C) groups is 2. The summed E-state index contributed by atoms with van der Waals surface area (Å²) < 4.78 is 50.7. The van der Waals surface area contributed by atoms with Gasteiger partial charge in [0.2, 0.25) is 11.8 Å². The Morgan fingerprint density at radius 2 is 1.57 bits per heavy atom. The Labute approximate surface area is 133 Å². The van der Waals surface area contributed by atoms with Crippen molar-refractivity contribution < 1.29 is 22.6 Å². The molecule has 0 saturated carbocycles. The van der Waals surface area contributed by atoms with Crippen molar-refractivity contribution >= 4 is 11.8 Å². The van der Waals surface area contributed by atoms with E-state index in [-0.39, 0.29) is 23.9 Å². The van der Waals surface area contributed by atoms with E-state index in [9.17, 15) is 13.2 Å². The highest BCUT2D eigenvalue weighted by molar-refractivity contribution is 5.94. The van der Waals surface area contributed by atoms with Gasteiger partial charge in [-0.1, -0.05) is 13.8 Å². The van der Waals surface area contributed by atoms with Crippen molar-refractivity contribution in [2.24, 2.45) is 15.9 Å². The molecule has 0 saturated heterocycles. The molecule has 0 amide bonds. The third-order valence-corrected chi connectivity index (χ3v) is 3.64. The number of rotatable bonds is 3. The lowest BCUT2D eigenvalue weighted by atomic mass is 10.00. The zero-order valence-electron chi connectivity index (χ0n) is 13.4. The predicted molar refractivity (Wildman–Crippen MR) is 81.3 cm³/mol. The lowest BCUT2D eigenvalue weighted by Crippen LogP contribution is -2.38. The first-order valence-corrected chi connectivity index (χ1v) is 7.24. The number of methoxy groups -OCH3 is 2. The molecule has 0 aliphatic carbocycles. The van der Waals surface area contributed by atoms with Crippen LogP contribution in [0, 0.1) is 23.4 Å². The van der Waals surface area contributed by atoms with Crippen molar-refractivity contribution in [2.45, 2.75) is 32.4 Å². The van der Waals surface area contributed by atoms with Crippen molar-refractivity contribution in [1.29, 1.82) is 0 Å². The van der Waals surface area contributed by atoms with Crippen LogP contribution in [0.5, 0.6) is 0 Å². The van der Waals surface area contributed by atoms with Crippen LogP contribution in [-0.2, 0) is 15.9 Å². The lowest BCUT2D eigenvalue weighted by Gasteiger charge is -2.27. The molecule has 1 aromatic carbocycles. The van der Waals surface area contributed by atoms with E-state index >= 15 is 0 Å². The number of benzene rings is 1. The Morgan fingerprint density at radius 1 is 0.957 bits per heavy atom. The van der Waals surface area contributed by atoms with E-state index in [1.165, 1.54) is 14.2 Å². The summed E-state index contributed by atoms with van der Waals surface area (Å²) in [5.74, 6) is -2.30. The van der Waals surface area contributed by atoms with Crippen LogP contribution in [0.4, 0.5) is 13.2 Å². The molecule has 126 valence electrons. The fraction of sp³-hybridized carbons (Fsp3) is 0.500. The van der Waals surface area contributed by atoms with Crippen LogP contribution in [0.1, 0.15) is 19.4 Å². The van der Waals surface area contributed by atoms with Gasteiger partial charge < -0.3 is 9.47 Å². The second-order valence-electron chi connectivity index (χ2n) is 5.61. The maximum atomic E-state index is 13.8. The summed E-state index contributed by atoms with van der Waals surface area (Å²) in [5, 5.41) is 0. The number of halogens is 3. The molecular formula is C16H19F3N2O2. The molecule has 0 spiro atoms. The molecule has 2 rings (SSSR count). The zero-order valence-corrected chi connectivity index (χ0v) is 13.4. The molecule has 1 heterocycles. The van der Waals surface area contributed by atoms with Gasteiger partial charge in [-0.25, -0.2) is 23.2 Å². The van der Waals surface area contributed by atoms with Gasteiger partial charge in [0.1, 0.15) is 17.9 Å². The molecule has 1 aromatic rings. The van der Waals surface area contributed by atoms with E-state index in [1.54, 1.807) is 0 Å². The average molecular weight is 328 g/mol. The van der Waals surface area contributed by atoms with Gasteiger partial charge in [-0.2, -0.15) is 0 Å². The molecule has 23 heavy (non-hydrogen) atoms. The Hall–Kier alpha value is -2.05. The van der Waals surface area contributed by atoms with Gasteiger partial charge in [0.15, 0.2) is 11.6 Å². The van der Waals surface area contributed by atoms with Crippen LogP contribution in [0.2, 0.25) is 0 Å². The van der Waals surface area contributed by atoms with Crippen molar-refractivity contribution in [2.75, 3.05) is 14.2 Å². The van der Waals surface area contributed by atoms with E-state index in [0.29, 0.717) is 17.9 Å². The molecule has 0 N–H and O–H groups in total. The van der Waals surface area contributed by atoms with Gasteiger partial charge in [0.05, 0.1) is 14.2 Å². The molecule has 1 aliphatic heterocycles. The second-order valence-corrected chi connectivity index (χ2v) is 5.61. The maximum Gasteiger partial charge on any atom is 0.209 e. The maximum absolute atomic E-state index is 13.8. The Kier molecular flexibility index (Phi) is 5.28. The first-order chi connectivity index (χ1) is 10.9. The van der Waals surface area contributed by atoms with E-state index in [0.717, 1.165) is 6.07 Å². The number of nitrogens with zero attached hydrogens (tertiary/aromatic N) is 2. The van der Waals surface area contributed by atoms with E-state index in [1.807, 2.05) is 13.8 Å². The summed E-state index contributed by atoms with van der Waals surface area (Å²) in [4.78, 5) is 8.85. The quantitative estimate of drug-likeness (QED) is 0.800. The minimum absolute atomic E-state index is 0.000787. The first kappa shape index (κ1) is 17.3. The number of hydrogen-bond acceptors (Lipinski definition) is 4. The number of hydrogen-bond donors (Lipinski definition) is 0. The minimum Gasteiger partial charge on any atom is -0.483 e. The summed E-state index contributed by atoms with van der Waals surface area (Å²) in [5.41, 5.74) is 0.000787. The van der Waals surface area contributed by atoms with Gasteiger partial charge in [-0.15, -0.1) is 0 Å². The molecular weight excluding hydrogens is 309 g/mol. The third-order valence-electron chi connectivity index (χ3n) is 3.64. The second kappa shape index (κ2) is 7.02. The van der Waals surface area contributed by atoms with Gasteiger partial charge in [0.25, 0.3) is 0 Å². The summed E-state index contributed by atoms with van der Waals surface area (Å²) in [6.07, 6.45) is -0.00657. The monoisotopic (exact) mass is 328 g/mol. The Balaban J connectivity index is 2.33. The standard InChI is InChI=1S/C16H19F3N2O2/c1-8(2)14-16(23-4)20-13(15(21-14)22-3)6-9-5-11(18)12(19)7-10(9)17/h5,7-8,13-14H,6H2,1-4H3/t13-,14+/m1/s1. The van der Waals surface area contributed by atoms with E-state index in [2.05, 4.69) is 9.98 Å². The predicted octanol–water partition coefficient (Wildman–Crippen LogP) is 3.14. The minimum atomic E-state index is -1.23. The van der Waals surface area contributed by atoms with Crippen LogP contribution in [0.3, 0.4) is 0 Å². The Morgan fingerprint density at radius 3 is 2.13 bits per heavy atom. The molecule has 0 radical (unpaired) electrons. The van der Waals surface area contributed by atoms with Crippen molar-refractivity contribution in [1.82, 2.24) is 0 Å². The van der Waals surface area contributed by atoms with E-state index < -0.39 is 23.5 Å². The highest BCUT2D eigenvalue weighted by Gasteiger charge is 2.31. The largest absolute Gasteiger partial charge is 0.483 e. The lowest BCUT2D eigenvalue weighted by molar-refractivity contribution is 0.332. The smallest absolute Gasteiger partial charge is 0.209 e. The van der Waals surface area contributed by atoms with Crippen molar-refractivity contribution in [3.05, 3.63) is 35.1 Å². The van der Waals surface area contributed by atoms with Crippen LogP contribution >= 0.6 is 0 Å². The third kappa shape index (κ3) is 3.65. The normalized spacial score (nSPS) is 21.0. The van der Waals surface area contributed by atoms with Crippen LogP contribution in [0.15, 0.2) is 22.1 Å². The first-order valence-electron chi connectivity index (χ1n) is 7.24. The summed E-state index contributed by atoms with van der Waals surface area (Å²) in [6.45, 7) is 3.93. The molecule has 0 bridgehead atoms. The van der Waals surface area contributed by atoms with Crippen molar-refractivity contribution in [3.63, 3.8) is 0 Å². The Bertz CT molecular complexity index is 644. The highest BCUT2D eigenvalue weighted by atomic mass is 19.2. The molecule has 0 fully saturated rings. The molecule has 0 unspecified atom stereocenters. The van der Waals surface area contributed by atoms with Crippen LogP contribution < -0.4 is 0 Å². The van der Waals surface area contributed by atoms with Gasteiger partial charge >= 0.3 is 0 Å². The van der Waals surface area contributed by atoms with Crippen molar-refractivity contribution in [3.8, 4) is 0 Å². The zero-order chi connectivity index (χ0) is 17.1. The molecule has 2 atom stereocenters. The topological polar surface area (TPSA) is 43.2 Å². The van der Waals surface area contributed by atoms with E-state index in [4.69, 9.17) is 9.47 Å². The highest BCUT2D eigenvalue weighted by Crippen LogP contribution is 2.22. The van der Waals surface area contributed by atoms with Gasteiger partial charge in [-0.05, 0) is 17.5 Å². The SMILES string of the molecule is COC1=N[C@H](Cc2cc(F)c(F)cc2F)C(OC)=N[C@H]1C(C)C. The summed E-state index contributed by atoms with van der Waals surface area (Å²) >= 11 is 0. The fourth-order valence-corrected chi connectivity index (χ4v) is 2.42. The van der Waals surface area contributed by atoms with Crippen LogP contribution in [0.25, 0.3) is 0 Å². The van der Waals surface area contributed by atoms with Gasteiger partial charge in [-0.3, -0.25) is 0 Å². The molecule has 4 nitrogen and oxygen atoms in total. The summed E-state index contributed by atoms with van der Waals surface area (Å²) in [7, 11) is 2.93. The molecule has 1 aliphatic rings. The molecule has 7 heteroatoms. The summed E-state index contributed by atoms with van der Waals surface area (Å²) in [6, 6.07) is 0.411. The molecule has 0 aromatic heterocycles. The van der Waals surface area contributed by atoms with Gasteiger partial charge in [0, 0.05) is 12.5 Å². The fourth-order valence-electron chi connectivity index (χ4n) is 2.42. The average Bonchev–Trinajstić information content (AvgIpc) is 2.51.